The van der Waals surface area contributed by atoms with Crippen LogP contribution in [-0.4, -0.2) is 25.8 Å². The summed E-state index contributed by atoms with van der Waals surface area (Å²) in [6.45, 7) is 7.58. The van der Waals surface area contributed by atoms with Gasteiger partial charge in [-0.05, 0) is 39.8 Å². The van der Waals surface area contributed by atoms with Gasteiger partial charge in [0, 0.05) is 12.1 Å². The van der Waals surface area contributed by atoms with Gasteiger partial charge in [-0.25, -0.2) is 14.3 Å². The highest BCUT2D eigenvalue weighted by Crippen LogP contribution is 2.24. The molecule has 2 heterocycles. The van der Waals surface area contributed by atoms with Crippen molar-refractivity contribution < 1.29 is 4.74 Å². The van der Waals surface area contributed by atoms with Gasteiger partial charge in [0.2, 0.25) is 0 Å². The molecule has 0 radical (unpaired) electrons. The Morgan fingerprint density at radius 2 is 1.72 bits per heavy atom. The Hall–Kier alpha value is -2.83. The first-order chi connectivity index (χ1) is 11.9. The van der Waals surface area contributed by atoms with E-state index in [4.69, 9.17) is 4.74 Å². The van der Waals surface area contributed by atoms with Crippen molar-refractivity contribution in [2.24, 2.45) is 0 Å². The molecule has 0 unspecified atom stereocenters. The van der Waals surface area contributed by atoms with E-state index < -0.39 is 5.69 Å². The summed E-state index contributed by atoms with van der Waals surface area (Å²) in [6, 6.07) is 6.97. The molecule has 7 nitrogen and oxygen atoms in total. The largest absolute Gasteiger partial charge is 0.495 e. The van der Waals surface area contributed by atoms with Crippen molar-refractivity contribution in [3.05, 3.63) is 51.4 Å². The Balaban J connectivity index is 2.56. The second kappa shape index (κ2) is 6.23. The topological polar surface area (TPSA) is 71.1 Å². The molecule has 0 bridgehead atoms. The van der Waals surface area contributed by atoms with Crippen molar-refractivity contribution in [1.29, 1.82) is 0 Å². The van der Waals surface area contributed by atoms with Crippen molar-refractivity contribution in [2.45, 2.75) is 39.8 Å². The zero-order chi connectivity index (χ0) is 18.3. The lowest BCUT2D eigenvalue weighted by Gasteiger charge is -2.17. The van der Waals surface area contributed by atoms with E-state index in [1.165, 1.54) is 9.13 Å². The number of aromatic nitrogens is 4. The van der Waals surface area contributed by atoms with Crippen LogP contribution in [0.1, 0.15) is 39.8 Å². The molecule has 3 aromatic rings. The molecule has 0 atom stereocenters. The smallest absolute Gasteiger partial charge is 0.337 e. The van der Waals surface area contributed by atoms with Gasteiger partial charge in [0.15, 0.2) is 11.2 Å². The summed E-state index contributed by atoms with van der Waals surface area (Å²) in [5, 5.41) is 0. The van der Waals surface area contributed by atoms with E-state index in [2.05, 4.69) is 4.98 Å². The summed E-state index contributed by atoms with van der Waals surface area (Å²) in [7, 11) is 1.55. The maximum Gasteiger partial charge on any atom is 0.337 e. The molecule has 3 rings (SSSR count). The number of benzene rings is 1. The molecule has 0 aliphatic rings. The van der Waals surface area contributed by atoms with Crippen LogP contribution in [0.25, 0.3) is 16.9 Å². The maximum atomic E-state index is 13.1. The van der Waals surface area contributed by atoms with Gasteiger partial charge in [-0.3, -0.25) is 9.36 Å². The highest BCUT2D eigenvalue weighted by Gasteiger charge is 2.22. The van der Waals surface area contributed by atoms with Gasteiger partial charge in [-0.1, -0.05) is 12.1 Å². The van der Waals surface area contributed by atoms with Gasteiger partial charge in [0.25, 0.3) is 5.56 Å². The minimum absolute atomic E-state index is 0.0435. The fourth-order valence-electron chi connectivity index (χ4n) is 3.00. The van der Waals surface area contributed by atoms with Gasteiger partial charge in [0.1, 0.15) is 5.75 Å². The van der Waals surface area contributed by atoms with Gasteiger partial charge in [-0.2, -0.15) is 0 Å². The highest BCUT2D eigenvalue weighted by molar-refractivity contribution is 5.73. The lowest BCUT2D eigenvalue weighted by molar-refractivity contribution is 0.412. The number of ether oxygens (including phenoxy) is 1. The first-order valence-corrected chi connectivity index (χ1v) is 8.26. The molecule has 1 aromatic carbocycles. The number of fused-ring (bicyclic) bond motifs is 1. The van der Waals surface area contributed by atoms with Crippen LogP contribution < -0.4 is 16.0 Å². The third kappa shape index (κ3) is 2.56. The molecule has 132 valence electrons. The monoisotopic (exact) mass is 342 g/mol. The zero-order valence-electron chi connectivity index (χ0n) is 15.1. The number of imidazole rings is 1. The van der Waals surface area contributed by atoms with Crippen molar-refractivity contribution >= 4 is 11.2 Å². The average molecular weight is 342 g/mol. The van der Waals surface area contributed by atoms with Crippen LogP contribution >= 0.6 is 0 Å². The molecule has 0 saturated carbocycles. The summed E-state index contributed by atoms with van der Waals surface area (Å²) >= 11 is 0. The molecular weight excluding hydrogens is 320 g/mol. The van der Waals surface area contributed by atoms with E-state index in [9.17, 15) is 9.59 Å². The van der Waals surface area contributed by atoms with Crippen molar-refractivity contribution in [2.75, 3.05) is 7.11 Å². The van der Waals surface area contributed by atoms with Crippen LogP contribution in [0.2, 0.25) is 0 Å². The lowest BCUT2D eigenvalue weighted by atomic mass is 10.2. The van der Waals surface area contributed by atoms with Crippen LogP contribution in [0.15, 0.2) is 40.2 Å². The number of methoxy groups -OCH3 is 1. The Labute approximate surface area is 145 Å². The van der Waals surface area contributed by atoms with Crippen LogP contribution in [0.4, 0.5) is 0 Å². The van der Waals surface area contributed by atoms with Crippen LogP contribution in [0.5, 0.6) is 5.75 Å². The zero-order valence-corrected chi connectivity index (χ0v) is 15.1. The Kier molecular flexibility index (Phi) is 4.24. The van der Waals surface area contributed by atoms with E-state index in [1.54, 1.807) is 30.1 Å². The summed E-state index contributed by atoms with van der Waals surface area (Å²) < 4.78 is 9.91. The maximum absolute atomic E-state index is 13.1. The Bertz CT molecular complexity index is 1040. The van der Waals surface area contributed by atoms with E-state index >= 15 is 0 Å². The molecule has 0 spiro atoms. The molecule has 0 fully saturated rings. The first-order valence-electron chi connectivity index (χ1n) is 8.26. The molecule has 7 heteroatoms. The normalized spacial score (nSPS) is 11.6. The van der Waals surface area contributed by atoms with Gasteiger partial charge < -0.3 is 9.30 Å². The molecule has 25 heavy (non-hydrogen) atoms. The summed E-state index contributed by atoms with van der Waals surface area (Å²) in [4.78, 5) is 30.5. The molecule has 0 aliphatic heterocycles. The number of nitrogens with zero attached hydrogens (tertiary/aromatic N) is 4. The molecule has 0 N–H and O–H groups in total. The highest BCUT2D eigenvalue weighted by atomic mass is 16.5. The average Bonchev–Trinajstić information content (AvgIpc) is 3.00. The number of hydrogen-bond acceptors (Lipinski definition) is 4. The number of para-hydroxylation sites is 2. The van der Waals surface area contributed by atoms with Crippen molar-refractivity contribution in [3.8, 4) is 11.4 Å². The van der Waals surface area contributed by atoms with Crippen LogP contribution in [-0.2, 0) is 0 Å². The second-order valence-electron chi connectivity index (χ2n) is 6.48. The first kappa shape index (κ1) is 17.0. The lowest BCUT2D eigenvalue weighted by Crippen LogP contribution is -2.41. The van der Waals surface area contributed by atoms with Crippen LogP contribution in [0.3, 0.4) is 0 Å². The fourth-order valence-corrected chi connectivity index (χ4v) is 3.00. The quantitative estimate of drug-likeness (QED) is 0.730. The van der Waals surface area contributed by atoms with Gasteiger partial charge >= 0.3 is 5.69 Å². The Morgan fingerprint density at radius 1 is 1.04 bits per heavy atom. The SMILES string of the molecule is COc1ccccc1-n1c(=O)n(C(C)C)c(=O)c2c1ncn2C(C)C. The predicted molar refractivity (Wildman–Crippen MR) is 96.9 cm³/mol. The number of hydrogen-bond donors (Lipinski definition) is 0. The third-order valence-corrected chi connectivity index (χ3v) is 4.20. The van der Waals surface area contributed by atoms with E-state index in [1.807, 2.05) is 39.8 Å². The summed E-state index contributed by atoms with van der Waals surface area (Å²) in [5.41, 5.74) is 0.557. The van der Waals surface area contributed by atoms with Crippen LogP contribution in [0, 0.1) is 0 Å². The Morgan fingerprint density at radius 3 is 2.32 bits per heavy atom. The molecule has 2 aromatic heterocycles. The van der Waals surface area contributed by atoms with E-state index in [0.717, 1.165) is 0 Å². The van der Waals surface area contributed by atoms with Crippen molar-refractivity contribution in [1.82, 2.24) is 18.7 Å². The molecular formula is C18H22N4O3. The summed E-state index contributed by atoms with van der Waals surface area (Å²) in [6.07, 6.45) is 1.60. The van der Waals surface area contributed by atoms with Gasteiger partial charge in [-0.15, -0.1) is 0 Å². The third-order valence-electron chi connectivity index (χ3n) is 4.20. The minimum Gasteiger partial charge on any atom is -0.495 e. The van der Waals surface area contributed by atoms with E-state index in [0.29, 0.717) is 22.6 Å². The standard InChI is InChI=1S/C18H22N4O3/c1-11(2)20-10-19-16-15(20)17(23)21(12(3)4)18(24)22(16)13-8-6-7-9-14(13)25-5/h6-12H,1-5H3. The van der Waals surface area contributed by atoms with Crippen molar-refractivity contribution in [3.63, 3.8) is 0 Å². The molecule has 0 saturated heterocycles. The van der Waals surface area contributed by atoms with Gasteiger partial charge in [0.05, 0.1) is 19.1 Å². The molecule has 0 aliphatic carbocycles. The predicted octanol–water partition coefficient (Wildman–Crippen LogP) is 2.52. The summed E-state index contributed by atoms with van der Waals surface area (Å²) in [5.74, 6) is 0.541. The second-order valence-corrected chi connectivity index (χ2v) is 6.48. The molecule has 0 amide bonds. The minimum atomic E-state index is -0.425. The fraction of sp³-hybridized carbons (Fsp3) is 0.389. The van der Waals surface area contributed by atoms with E-state index in [-0.39, 0.29) is 17.6 Å². The number of rotatable bonds is 4.